The second kappa shape index (κ2) is 6.96. The molecule has 0 saturated heterocycles. The number of hydrogen-bond donors (Lipinski definition) is 2. The van der Waals surface area contributed by atoms with Crippen molar-refractivity contribution in [2.45, 2.75) is 38.1 Å². The molecule has 1 saturated carbocycles. The Labute approximate surface area is 155 Å². The minimum Gasteiger partial charge on any atom is -0.368 e. The van der Waals surface area contributed by atoms with Gasteiger partial charge in [-0.1, -0.05) is 40.9 Å². The summed E-state index contributed by atoms with van der Waals surface area (Å²) in [4.78, 5) is 29.1. The molecular weight excluding hydrogens is 382 g/mol. The summed E-state index contributed by atoms with van der Waals surface area (Å²) in [6, 6.07) is 11.4. The van der Waals surface area contributed by atoms with E-state index in [1.54, 1.807) is 13.0 Å². The van der Waals surface area contributed by atoms with Crippen molar-refractivity contribution in [1.82, 2.24) is 10.3 Å². The van der Waals surface area contributed by atoms with Gasteiger partial charge in [0.15, 0.2) is 0 Å². The predicted octanol–water partition coefficient (Wildman–Crippen LogP) is 3.35. The highest BCUT2D eigenvalue weighted by molar-refractivity contribution is 9.10. The zero-order valence-electron chi connectivity index (χ0n) is 14.0. The zero-order valence-corrected chi connectivity index (χ0v) is 15.6. The summed E-state index contributed by atoms with van der Waals surface area (Å²) in [5, 5.41) is 2.86. The van der Waals surface area contributed by atoms with Crippen LogP contribution in [0.25, 0.3) is 11.3 Å². The molecule has 2 aromatic rings. The van der Waals surface area contributed by atoms with E-state index < -0.39 is 11.4 Å². The normalized spacial score (nSPS) is 15.8. The lowest BCUT2D eigenvalue weighted by Gasteiger charge is -2.26. The molecule has 1 aromatic heterocycles. The number of nitrogens with one attached hydrogen (secondary N) is 1. The zero-order chi connectivity index (χ0) is 18.0. The van der Waals surface area contributed by atoms with Gasteiger partial charge in [-0.05, 0) is 44.0 Å². The van der Waals surface area contributed by atoms with Crippen LogP contribution in [0, 0.1) is 6.92 Å². The van der Waals surface area contributed by atoms with Gasteiger partial charge in [-0.15, -0.1) is 0 Å². The first kappa shape index (κ1) is 17.6. The van der Waals surface area contributed by atoms with E-state index in [2.05, 4.69) is 26.2 Å². The van der Waals surface area contributed by atoms with Gasteiger partial charge >= 0.3 is 0 Å². The standard InChI is InChI=1S/C19H20BrN3O2/c1-12-15(17(24)23-19(18(21)25)9-2-3-10-19)7-8-16(22-12)13-5-4-6-14(20)11-13/h4-8,11H,2-3,9-10H2,1H3,(H2,21,25)(H,23,24). The van der Waals surface area contributed by atoms with Crippen LogP contribution in [0.5, 0.6) is 0 Å². The highest BCUT2D eigenvalue weighted by Crippen LogP contribution is 2.30. The molecule has 5 nitrogen and oxygen atoms in total. The van der Waals surface area contributed by atoms with Crippen molar-refractivity contribution < 1.29 is 9.59 Å². The summed E-state index contributed by atoms with van der Waals surface area (Å²) in [5.74, 6) is -0.763. The molecule has 25 heavy (non-hydrogen) atoms. The van der Waals surface area contributed by atoms with E-state index in [1.807, 2.05) is 30.3 Å². The monoisotopic (exact) mass is 401 g/mol. The van der Waals surface area contributed by atoms with Crippen LogP contribution in [0.2, 0.25) is 0 Å². The molecule has 1 heterocycles. The minimum absolute atomic E-state index is 0.300. The molecule has 0 unspecified atom stereocenters. The lowest BCUT2D eigenvalue weighted by molar-refractivity contribution is -0.123. The van der Waals surface area contributed by atoms with Crippen molar-refractivity contribution in [2.24, 2.45) is 5.73 Å². The number of primary amides is 1. The summed E-state index contributed by atoms with van der Waals surface area (Å²) in [6.07, 6.45) is 2.97. The third-order valence-electron chi connectivity index (χ3n) is 4.73. The van der Waals surface area contributed by atoms with Gasteiger partial charge in [-0.3, -0.25) is 14.6 Å². The third-order valence-corrected chi connectivity index (χ3v) is 5.23. The number of nitrogens with zero attached hydrogens (tertiary/aromatic N) is 1. The maximum absolute atomic E-state index is 12.7. The molecule has 0 atom stereocenters. The Hall–Kier alpha value is -2.21. The molecule has 3 N–H and O–H groups in total. The molecule has 0 radical (unpaired) electrons. The molecule has 1 aliphatic carbocycles. The Balaban J connectivity index is 1.85. The van der Waals surface area contributed by atoms with Crippen LogP contribution in [0.4, 0.5) is 0 Å². The van der Waals surface area contributed by atoms with Crippen LogP contribution in [0.3, 0.4) is 0 Å². The SMILES string of the molecule is Cc1nc(-c2cccc(Br)c2)ccc1C(=O)NC1(C(N)=O)CCCC1. The van der Waals surface area contributed by atoms with Gasteiger partial charge in [0.1, 0.15) is 5.54 Å². The second-order valence-electron chi connectivity index (χ2n) is 6.45. The van der Waals surface area contributed by atoms with Crippen molar-refractivity contribution in [3.63, 3.8) is 0 Å². The fourth-order valence-electron chi connectivity index (χ4n) is 3.31. The summed E-state index contributed by atoms with van der Waals surface area (Å²) in [6.45, 7) is 1.79. The number of halogens is 1. The molecule has 2 amide bonds. The van der Waals surface area contributed by atoms with Crippen molar-refractivity contribution >= 4 is 27.7 Å². The average Bonchev–Trinajstić information content (AvgIpc) is 3.04. The molecule has 1 aromatic carbocycles. The number of nitrogens with two attached hydrogens (primary N) is 1. The van der Waals surface area contributed by atoms with E-state index in [9.17, 15) is 9.59 Å². The van der Waals surface area contributed by atoms with E-state index in [1.165, 1.54) is 0 Å². The molecule has 1 aliphatic rings. The molecule has 0 bridgehead atoms. The van der Waals surface area contributed by atoms with Gasteiger partial charge < -0.3 is 11.1 Å². The number of carbonyl (C=O) groups is 2. The number of pyridine rings is 1. The molecule has 6 heteroatoms. The van der Waals surface area contributed by atoms with Gasteiger partial charge in [0.2, 0.25) is 5.91 Å². The van der Waals surface area contributed by atoms with Gasteiger partial charge in [0.05, 0.1) is 17.0 Å². The molecule has 0 aliphatic heterocycles. The van der Waals surface area contributed by atoms with Crippen LogP contribution in [0.15, 0.2) is 40.9 Å². The molecule has 130 valence electrons. The van der Waals surface area contributed by atoms with Gasteiger partial charge in [0.25, 0.3) is 5.91 Å². The van der Waals surface area contributed by atoms with Crippen LogP contribution in [-0.2, 0) is 4.79 Å². The number of rotatable bonds is 4. The van der Waals surface area contributed by atoms with Gasteiger partial charge in [-0.25, -0.2) is 0 Å². The van der Waals surface area contributed by atoms with Crippen molar-refractivity contribution in [1.29, 1.82) is 0 Å². The van der Waals surface area contributed by atoms with E-state index in [4.69, 9.17) is 5.73 Å². The van der Waals surface area contributed by atoms with Crippen LogP contribution >= 0.6 is 15.9 Å². The van der Waals surface area contributed by atoms with E-state index in [-0.39, 0.29) is 5.91 Å². The molecule has 0 spiro atoms. The Morgan fingerprint density at radius 3 is 2.52 bits per heavy atom. The fourth-order valence-corrected chi connectivity index (χ4v) is 3.71. The maximum atomic E-state index is 12.7. The minimum atomic E-state index is -0.924. The highest BCUT2D eigenvalue weighted by Gasteiger charge is 2.41. The van der Waals surface area contributed by atoms with Gasteiger partial charge in [-0.2, -0.15) is 0 Å². The maximum Gasteiger partial charge on any atom is 0.253 e. The van der Waals surface area contributed by atoms with Crippen LogP contribution in [0.1, 0.15) is 41.7 Å². The summed E-state index contributed by atoms with van der Waals surface area (Å²) >= 11 is 3.45. The first-order valence-corrected chi connectivity index (χ1v) is 9.07. The van der Waals surface area contributed by atoms with E-state index >= 15 is 0 Å². The Kier molecular flexibility index (Phi) is 4.90. The van der Waals surface area contributed by atoms with E-state index in [0.717, 1.165) is 28.6 Å². The quantitative estimate of drug-likeness (QED) is 0.823. The molecule has 3 rings (SSSR count). The topological polar surface area (TPSA) is 85.1 Å². The lowest BCUT2D eigenvalue weighted by atomic mass is 9.96. The van der Waals surface area contributed by atoms with E-state index in [0.29, 0.717) is 24.1 Å². The van der Waals surface area contributed by atoms with Crippen molar-refractivity contribution in [3.8, 4) is 11.3 Å². The predicted molar refractivity (Wildman–Crippen MR) is 100.0 cm³/mol. The Morgan fingerprint density at radius 1 is 1.20 bits per heavy atom. The molecule has 1 fully saturated rings. The number of aromatic nitrogens is 1. The Morgan fingerprint density at radius 2 is 1.92 bits per heavy atom. The first-order chi connectivity index (χ1) is 11.9. The second-order valence-corrected chi connectivity index (χ2v) is 7.36. The number of aryl methyl sites for hydroxylation is 1. The smallest absolute Gasteiger partial charge is 0.253 e. The number of carbonyl (C=O) groups excluding carboxylic acids is 2. The van der Waals surface area contributed by atoms with Crippen molar-refractivity contribution in [3.05, 3.63) is 52.1 Å². The van der Waals surface area contributed by atoms with Crippen LogP contribution in [-0.4, -0.2) is 22.3 Å². The summed E-state index contributed by atoms with van der Waals surface area (Å²) in [7, 11) is 0. The summed E-state index contributed by atoms with van der Waals surface area (Å²) < 4.78 is 0.968. The van der Waals surface area contributed by atoms with Gasteiger partial charge in [0, 0.05) is 10.0 Å². The average molecular weight is 402 g/mol. The summed E-state index contributed by atoms with van der Waals surface area (Å²) in [5.41, 5.74) is 7.45. The Bertz CT molecular complexity index is 829. The molecular formula is C19H20BrN3O2. The lowest BCUT2D eigenvalue weighted by Crippen LogP contribution is -2.55. The highest BCUT2D eigenvalue weighted by atomic mass is 79.9. The van der Waals surface area contributed by atoms with Crippen LogP contribution < -0.4 is 11.1 Å². The third kappa shape index (κ3) is 3.58. The number of amides is 2. The number of benzene rings is 1. The van der Waals surface area contributed by atoms with Crippen molar-refractivity contribution in [2.75, 3.05) is 0 Å². The largest absolute Gasteiger partial charge is 0.368 e. The number of hydrogen-bond acceptors (Lipinski definition) is 3. The fraction of sp³-hybridized carbons (Fsp3) is 0.316. The first-order valence-electron chi connectivity index (χ1n) is 8.27.